The SMILES string of the molecule is O=C(CCCCC(=O)Nc1cccc(B(O)O)c1)Nc1cccc(BO)c1. The number of unbranched alkanes of at least 4 members (excludes halogenated alkanes) is 1. The zero-order valence-electron chi connectivity index (χ0n) is 14.9. The molecule has 0 aliphatic carbocycles. The van der Waals surface area contributed by atoms with Crippen LogP contribution in [0.1, 0.15) is 25.7 Å². The Balaban J connectivity index is 1.69. The Kier molecular flexibility index (Phi) is 8.06. The van der Waals surface area contributed by atoms with Gasteiger partial charge >= 0.3 is 14.6 Å². The van der Waals surface area contributed by atoms with Gasteiger partial charge in [0.15, 0.2) is 0 Å². The topological polar surface area (TPSA) is 119 Å². The summed E-state index contributed by atoms with van der Waals surface area (Å²) in [5, 5.41) is 32.8. The van der Waals surface area contributed by atoms with Gasteiger partial charge in [0.2, 0.25) is 11.8 Å². The monoisotopic (exact) mass is 368 g/mol. The number of amides is 2. The zero-order valence-corrected chi connectivity index (χ0v) is 14.9. The maximum atomic E-state index is 11.9. The summed E-state index contributed by atoms with van der Waals surface area (Å²) in [5.74, 6) is -0.342. The van der Waals surface area contributed by atoms with E-state index >= 15 is 0 Å². The van der Waals surface area contributed by atoms with Gasteiger partial charge in [0, 0.05) is 24.2 Å². The third kappa shape index (κ3) is 7.26. The molecule has 2 aromatic rings. The van der Waals surface area contributed by atoms with Crippen molar-refractivity contribution in [2.75, 3.05) is 10.6 Å². The molecule has 0 radical (unpaired) electrons. The Morgan fingerprint density at radius 1 is 0.889 bits per heavy atom. The maximum absolute atomic E-state index is 11.9. The zero-order chi connectivity index (χ0) is 19.6. The Morgan fingerprint density at radius 3 is 2.00 bits per heavy atom. The summed E-state index contributed by atoms with van der Waals surface area (Å²) in [7, 11) is -1.67. The molecule has 0 aliphatic heterocycles. The average Bonchev–Trinajstić information content (AvgIpc) is 2.65. The van der Waals surface area contributed by atoms with E-state index in [0.29, 0.717) is 36.1 Å². The fourth-order valence-corrected chi connectivity index (χ4v) is 2.54. The van der Waals surface area contributed by atoms with Crippen LogP contribution in [0, 0.1) is 0 Å². The standard InChI is InChI=1S/C18H22B2N2O5/c23-17(21-15-7-3-5-13(11-15)19-25)9-1-2-10-18(24)22-16-8-4-6-14(12-16)20(26)27/h3-8,11-12,19,25-27H,1-2,9-10H2,(H,21,23)(H,22,24). The Morgan fingerprint density at radius 2 is 1.44 bits per heavy atom. The molecule has 7 nitrogen and oxygen atoms in total. The van der Waals surface area contributed by atoms with E-state index in [1.165, 1.54) is 6.07 Å². The molecule has 0 saturated heterocycles. The van der Waals surface area contributed by atoms with Gasteiger partial charge in [0.25, 0.3) is 0 Å². The fourth-order valence-electron chi connectivity index (χ4n) is 2.54. The van der Waals surface area contributed by atoms with E-state index < -0.39 is 7.12 Å². The predicted molar refractivity (Wildman–Crippen MR) is 107 cm³/mol. The molecule has 0 atom stereocenters. The van der Waals surface area contributed by atoms with Gasteiger partial charge in [-0.2, -0.15) is 0 Å². The van der Waals surface area contributed by atoms with Crippen LogP contribution < -0.4 is 21.6 Å². The van der Waals surface area contributed by atoms with E-state index in [2.05, 4.69) is 10.6 Å². The van der Waals surface area contributed by atoms with Crippen LogP contribution >= 0.6 is 0 Å². The summed E-state index contributed by atoms with van der Waals surface area (Å²) in [4.78, 5) is 23.9. The largest absolute Gasteiger partial charge is 0.488 e. The van der Waals surface area contributed by atoms with Gasteiger partial charge in [0.05, 0.1) is 0 Å². The number of nitrogens with one attached hydrogen (secondary N) is 2. The van der Waals surface area contributed by atoms with E-state index in [1.807, 2.05) is 0 Å². The lowest BCUT2D eigenvalue weighted by Crippen LogP contribution is -2.30. The molecule has 2 aromatic carbocycles. The molecule has 0 saturated carbocycles. The highest BCUT2D eigenvalue weighted by atomic mass is 16.4. The molecular formula is C18H22B2N2O5. The van der Waals surface area contributed by atoms with Crippen LogP contribution in [0.25, 0.3) is 0 Å². The Labute approximate surface area is 158 Å². The third-order valence-electron chi connectivity index (χ3n) is 3.92. The van der Waals surface area contributed by atoms with Crippen LogP contribution in [0.2, 0.25) is 0 Å². The fraction of sp³-hybridized carbons (Fsp3) is 0.222. The van der Waals surface area contributed by atoms with Crippen molar-refractivity contribution in [3.8, 4) is 0 Å². The van der Waals surface area contributed by atoms with Crippen molar-refractivity contribution in [1.82, 2.24) is 0 Å². The molecule has 0 aliphatic rings. The molecule has 0 heterocycles. The van der Waals surface area contributed by atoms with Crippen molar-refractivity contribution in [3.63, 3.8) is 0 Å². The van der Waals surface area contributed by atoms with Gasteiger partial charge in [-0.15, -0.1) is 0 Å². The predicted octanol–water partition coefficient (Wildman–Crippen LogP) is -0.527. The summed E-state index contributed by atoms with van der Waals surface area (Å²) < 4.78 is 0. The highest BCUT2D eigenvalue weighted by Crippen LogP contribution is 2.09. The average molecular weight is 368 g/mol. The lowest BCUT2D eigenvalue weighted by atomic mass is 9.80. The number of carbonyl (C=O) groups excluding carboxylic acids is 2. The van der Waals surface area contributed by atoms with E-state index in [1.54, 1.807) is 42.5 Å². The first-order valence-corrected chi connectivity index (χ1v) is 8.73. The molecule has 2 amide bonds. The van der Waals surface area contributed by atoms with Crippen LogP contribution in [0.15, 0.2) is 48.5 Å². The van der Waals surface area contributed by atoms with Crippen molar-refractivity contribution < 1.29 is 24.7 Å². The molecule has 0 fully saturated rings. The quantitative estimate of drug-likeness (QED) is 0.301. The van der Waals surface area contributed by atoms with E-state index in [-0.39, 0.29) is 25.7 Å². The van der Waals surface area contributed by atoms with Gasteiger partial charge in [-0.05, 0) is 42.6 Å². The summed E-state index contributed by atoms with van der Waals surface area (Å²) in [5.41, 5.74) is 2.15. The van der Waals surface area contributed by atoms with Crippen LogP contribution in [0.3, 0.4) is 0 Å². The molecule has 9 heteroatoms. The molecule has 0 bridgehead atoms. The molecular weight excluding hydrogens is 346 g/mol. The Bertz CT molecular complexity index is 786. The number of anilines is 2. The van der Waals surface area contributed by atoms with Crippen LogP contribution in [-0.2, 0) is 9.59 Å². The number of benzene rings is 2. The third-order valence-corrected chi connectivity index (χ3v) is 3.92. The normalized spacial score (nSPS) is 10.2. The second-order valence-electron chi connectivity index (χ2n) is 6.16. The number of hydrogen-bond donors (Lipinski definition) is 5. The first-order valence-electron chi connectivity index (χ1n) is 8.73. The first kappa shape index (κ1) is 20.7. The Hall–Kier alpha value is -2.61. The molecule has 140 valence electrons. The van der Waals surface area contributed by atoms with Crippen LogP contribution in [0.5, 0.6) is 0 Å². The van der Waals surface area contributed by atoms with E-state index in [9.17, 15) is 9.59 Å². The molecule has 27 heavy (non-hydrogen) atoms. The smallest absolute Gasteiger partial charge is 0.449 e. The number of carbonyl (C=O) groups is 2. The lowest BCUT2D eigenvalue weighted by molar-refractivity contribution is -0.118. The van der Waals surface area contributed by atoms with Gasteiger partial charge in [-0.25, -0.2) is 0 Å². The van der Waals surface area contributed by atoms with Crippen molar-refractivity contribution >= 4 is 48.7 Å². The van der Waals surface area contributed by atoms with Gasteiger partial charge in [0.1, 0.15) is 0 Å². The summed E-state index contributed by atoms with van der Waals surface area (Å²) in [6.45, 7) is 0. The highest BCUT2D eigenvalue weighted by Gasteiger charge is 2.11. The number of hydrogen-bond acceptors (Lipinski definition) is 5. The lowest BCUT2D eigenvalue weighted by Gasteiger charge is -2.08. The molecule has 0 aromatic heterocycles. The van der Waals surface area contributed by atoms with Crippen molar-refractivity contribution in [1.29, 1.82) is 0 Å². The highest BCUT2D eigenvalue weighted by molar-refractivity contribution is 6.58. The second-order valence-corrected chi connectivity index (χ2v) is 6.16. The van der Waals surface area contributed by atoms with E-state index in [4.69, 9.17) is 15.1 Å². The van der Waals surface area contributed by atoms with Crippen molar-refractivity contribution in [3.05, 3.63) is 48.5 Å². The van der Waals surface area contributed by atoms with Gasteiger partial charge < -0.3 is 25.7 Å². The summed E-state index contributed by atoms with van der Waals surface area (Å²) in [6, 6.07) is 13.3. The van der Waals surface area contributed by atoms with E-state index in [0.717, 1.165) is 5.46 Å². The molecule has 5 N–H and O–H groups in total. The van der Waals surface area contributed by atoms with Crippen LogP contribution in [0.4, 0.5) is 11.4 Å². The van der Waals surface area contributed by atoms with Crippen molar-refractivity contribution in [2.24, 2.45) is 0 Å². The maximum Gasteiger partial charge on any atom is 0.488 e. The minimum atomic E-state index is -1.58. The molecule has 0 unspecified atom stereocenters. The van der Waals surface area contributed by atoms with Gasteiger partial charge in [-0.1, -0.05) is 29.7 Å². The second kappa shape index (κ2) is 10.5. The first-order chi connectivity index (χ1) is 13.0. The van der Waals surface area contributed by atoms with Gasteiger partial charge in [-0.3, -0.25) is 9.59 Å². The van der Waals surface area contributed by atoms with Crippen LogP contribution in [-0.4, -0.2) is 41.5 Å². The van der Waals surface area contributed by atoms with Crippen molar-refractivity contribution in [2.45, 2.75) is 25.7 Å². The summed E-state index contributed by atoms with van der Waals surface area (Å²) in [6.07, 6.45) is 1.68. The molecule has 0 spiro atoms. The molecule has 2 rings (SSSR count). The minimum absolute atomic E-state index is 0.0843. The minimum Gasteiger partial charge on any atom is -0.449 e. The number of rotatable bonds is 9. The summed E-state index contributed by atoms with van der Waals surface area (Å²) >= 11 is 0.